The molecule has 7 heteroatoms. The number of hydrogen-bond donors (Lipinski definition) is 2. The summed E-state index contributed by atoms with van der Waals surface area (Å²) < 4.78 is 10.9. The number of ether oxygens (including phenoxy) is 2. The fourth-order valence-corrected chi connectivity index (χ4v) is 3.23. The van der Waals surface area contributed by atoms with E-state index in [0.29, 0.717) is 36.9 Å². The quantitative estimate of drug-likeness (QED) is 0.674. The maximum atomic E-state index is 12.2. The molecule has 1 heterocycles. The van der Waals surface area contributed by atoms with Gasteiger partial charge >= 0.3 is 0 Å². The van der Waals surface area contributed by atoms with Gasteiger partial charge in [0.05, 0.1) is 25.9 Å². The van der Waals surface area contributed by atoms with Crippen molar-refractivity contribution < 1.29 is 19.4 Å². The molecule has 0 aromatic heterocycles. The topological polar surface area (TPSA) is 74.3 Å². The number of amides is 1. The van der Waals surface area contributed by atoms with Gasteiger partial charge in [0.2, 0.25) is 5.91 Å². The third-order valence-electron chi connectivity index (χ3n) is 4.71. The van der Waals surface area contributed by atoms with E-state index in [9.17, 15) is 9.90 Å². The molecule has 2 N–H and O–H groups in total. The Morgan fingerprint density at radius 3 is 2.43 bits per heavy atom. The third kappa shape index (κ3) is 5.29. The second kappa shape index (κ2) is 9.85. The van der Waals surface area contributed by atoms with E-state index < -0.39 is 0 Å². The molecule has 3 rings (SSSR count). The summed E-state index contributed by atoms with van der Waals surface area (Å²) in [5.74, 6) is 1.62. The summed E-state index contributed by atoms with van der Waals surface area (Å²) >= 11 is 0. The van der Waals surface area contributed by atoms with Gasteiger partial charge in [0.1, 0.15) is 12.4 Å². The molecule has 150 valence electrons. The van der Waals surface area contributed by atoms with E-state index in [4.69, 9.17) is 9.47 Å². The molecular formula is C21H27N3O4. The van der Waals surface area contributed by atoms with Crippen LogP contribution >= 0.6 is 0 Å². The first kappa shape index (κ1) is 19.8. The lowest BCUT2D eigenvalue weighted by Crippen LogP contribution is -2.49. The van der Waals surface area contributed by atoms with Crippen molar-refractivity contribution in [1.29, 1.82) is 0 Å². The fraction of sp³-hybridized carbons (Fsp3) is 0.381. The predicted octanol–water partition coefficient (Wildman–Crippen LogP) is 1.72. The number of carbonyl (C=O) groups excluding carboxylic acids is 1. The minimum Gasteiger partial charge on any atom is -0.506 e. The van der Waals surface area contributed by atoms with E-state index in [1.165, 1.54) is 0 Å². The molecule has 1 fully saturated rings. The lowest BCUT2D eigenvalue weighted by atomic mass is 10.2. The van der Waals surface area contributed by atoms with Crippen molar-refractivity contribution in [3.8, 4) is 17.2 Å². The summed E-state index contributed by atoms with van der Waals surface area (Å²) in [5.41, 5.74) is 0.847. The summed E-state index contributed by atoms with van der Waals surface area (Å²) in [7, 11) is 1.60. The van der Waals surface area contributed by atoms with Crippen LogP contribution < -0.4 is 19.7 Å². The largest absolute Gasteiger partial charge is 0.506 e. The Morgan fingerprint density at radius 2 is 1.71 bits per heavy atom. The maximum absolute atomic E-state index is 12.2. The molecule has 2 aromatic carbocycles. The van der Waals surface area contributed by atoms with Gasteiger partial charge in [0.25, 0.3) is 0 Å². The Hall–Kier alpha value is -2.93. The van der Waals surface area contributed by atoms with Crippen LogP contribution in [0.4, 0.5) is 5.69 Å². The molecule has 1 saturated heterocycles. The lowest BCUT2D eigenvalue weighted by Gasteiger charge is -2.35. The number of rotatable bonds is 8. The Labute approximate surface area is 165 Å². The number of anilines is 1. The number of nitrogens with one attached hydrogen (secondary N) is 1. The Kier molecular flexibility index (Phi) is 6.97. The van der Waals surface area contributed by atoms with Gasteiger partial charge in [-0.2, -0.15) is 0 Å². The van der Waals surface area contributed by atoms with Crippen molar-refractivity contribution in [1.82, 2.24) is 10.2 Å². The lowest BCUT2D eigenvalue weighted by molar-refractivity contribution is -0.122. The number of benzene rings is 2. The molecule has 1 aliphatic rings. The van der Waals surface area contributed by atoms with Gasteiger partial charge in [-0.15, -0.1) is 0 Å². The first-order chi connectivity index (χ1) is 13.7. The molecule has 28 heavy (non-hydrogen) atoms. The van der Waals surface area contributed by atoms with Crippen LogP contribution in [-0.4, -0.2) is 68.9 Å². The number of para-hydroxylation sites is 4. The number of phenols is 1. The molecule has 0 atom stereocenters. The van der Waals surface area contributed by atoms with Crippen LogP contribution in [0.15, 0.2) is 48.5 Å². The molecule has 0 saturated carbocycles. The second-order valence-corrected chi connectivity index (χ2v) is 6.60. The van der Waals surface area contributed by atoms with E-state index in [-0.39, 0.29) is 5.91 Å². The van der Waals surface area contributed by atoms with Crippen LogP contribution in [0.2, 0.25) is 0 Å². The fourth-order valence-electron chi connectivity index (χ4n) is 3.23. The Bertz CT molecular complexity index is 776. The van der Waals surface area contributed by atoms with Gasteiger partial charge in [0.15, 0.2) is 11.5 Å². The maximum Gasteiger partial charge on any atom is 0.234 e. The van der Waals surface area contributed by atoms with E-state index in [2.05, 4.69) is 15.1 Å². The number of piperazine rings is 1. The normalized spacial score (nSPS) is 14.5. The summed E-state index contributed by atoms with van der Waals surface area (Å²) in [4.78, 5) is 16.4. The van der Waals surface area contributed by atoms with Gasteiger partial charge in [-0.05, 0) is 24.3 Å². The molecule has 1 amide bonds. The Balaban J connectivity index is 1.35. The highest BCUT2D eigenvalue weighted by molar-refractivity contribution is 5.78. The third-order valence-corrected chi connectivity index (χ3v) is 4.71. The monoisotopic (exact) mass is 385 g/mol. The highest BCUT2D eigenvalue weighted by Gasteiger charge is 2.20. The smallest absolute Gasteiger partial charge is 0.234 e. The van der Waals surface area contributed by atoms with Crippen LogP contribution in [0, 0.1) is 0 Å². The minimum absolute atomic E-state index is 0.0142. The zero-order valence-electron chi connectivity index (χ0n) is 16.1. The van der Waals surface area contributed by atoms with E-state index in [0.717, 1.165) is 31.9 Å². The first-order valence-corrected chi connectivity index (χ1v) is 9.45. The van der Waals surface area contributed by atoms with Gasteiger partial charge < -0.3 is 24.8 Å². The molecule has 1 aliphatic heterocycles. The van der Waals surface area contributed by atoms with Gasteiger partial charge in [0, 0.05) is 26.2 Å². The van der Waals surface area contributed by atoms with Gasteiger partial charge in [-0.25, -0.2) is 0 Å². The summed E-state index contributed by atoms with van der Waals surface area (Å²) in [6, 6.07) is 14.8. The van der Waals surface area contributed by atoms with Crippen LogP contribution in [0.5, 0.6) is 17.2 Å². The molecule has 0 unspecified atom stereocenters. The zero-order valence-corrected chi connectivity index (χ0v) is 16.1. The van der Waals surface area contributed by atoms with E-state index in [1.54, 1.807) is 13.2 Å². The van der Waals surface area contributed by atoms with Crippen molar-refractivity contribution >= 4 is 11.6 Å². The highest BCUT2D eigenvalue weighted by Crippen LogP contribution is 2.27. The minimum atomic E-state index is -0.0142. The van der Waals surface area contributed by atoms with Gasteiger partial charge in [-0.1, -0.05) is 24.3 Å². The predicted molar refractivity (Wildman–Crippen MR) is 108 cm³/mol. The van der Waals surface area contributed by atoms with Crippen molar-refractivity contribution in [3.63, 3.8) is 0 Å². The summed E-state index contributed by atoms with van der Waals surface area (Å²) in [5, 5.41) is 12.9. The highest BCUT2D eigenvalue weighted by atomic mass is 16.5. The van der Waals surface area contributed by atoms with Crippen LogP contribution in [0.1, 0.15) is 0 Å². The molecular weight excluding hydrogens is 358 g/mol. The molecule has 0 bridgehead atoms. The number of phenolic OH excluding ortho intramolecular Hbond substituents is 1. The number of carbonyl (C=O) groups is 1. The average Bonchev–Trinajstić information content (AvgIpc) is 2.72. The van der Waals surface area contributed by atoms with Crippen LogP contribution in [0.25, 0.3) is 0 Å². The van der Waals surface area contributed by atoms with Crippen molar-refractivity contribution in [2.24, 2.45) is 0 Å². The van der Waals surface area contributed by atoms with Crippen LogP contribution in [-0.2, 0) is 4.79 Å². The molecule has 0 spiro atoms. The van der Waals surface area contributed by atoms with Crippen LogP contribution in [0.3, 0.4) is 0 Å². The molecule has 0 aliphatic carbocycles. The van der Waals surface area contributed by atoms with Crippen molar-refractivity contribution in [2.75, 3.05) is 57.9 Å². The second-order valence-electron chi connectivity index (χ2n) is 6.60. The standard InChI is InChI=1S/C21H27N3O4/c1-27-19-8-4-5-9-20(19)28-15-10-22-21(26)16-23-11-13-24(14-12-23)17-6-2-3-7-18(17)25/h2-9,25H,10-16H2,1H3,(H,22,26). The number of aromatic hydroxyl groups is 1. The van der Waals surface area contributed by atoms with E-state index in [1.807, 2.05) is 42.5 Å². The number of methoxy groups -OCH3 is 1. The summed E-state index contributed by atoms with van der Waals surface area (Å²) in [6.45, 7) is 4.30. The average molecular weight is 385 g/mol. The molecule has 7 nitrogen and oxygen atoms in total. The molecule has 2 aromatic rings. The SMILES string of the molecule is COc1ccccc1OCCNC(=O)CN1CCN(c2ccccc2O)CC1. The van der Waals surface area contributed by atoms with Gasteiger partial charge in [-0.3, -0.25) is 9.69 Å². The number of hydrogen-bond acceptors (Lipinski definition) is 6. The van der Waals surface area contributed by atoms with Crippen molar-refractivity contribution in [2.45, 2.75) is 0 Å². The first-order valence-electron chi connectivity index (χ1n) is 9.45. The zero-order chi connectivity index (χ0) is 19.8. The Morgan fingerprint density at radius 1 is 1.04 bits per heavy atom. The van der Waals surface area contributed by atoms with E-state index >= 15 is 0 Å². The molecule has 0 radical (unpaired) electrons. The van der Waals surface area contributed by atoms with Crippen molar-refractivity contribution in [3.05, 3.63) is 48.5 Å². The summed E-state index contributed by atoms with van der Waals surface area (Å²) in [6.07, 6.45) is 0. The number of nitrogens with zero attached hydrogens (tertiary/aromatic N) is 2.